The molecule has 1 aromatic carbocycles. The molecule has 0 spiro atoms. The summed E-state index contributed by atoms with van der Waals surface area (Å²) in [6, 6.07) is 9.90. The van der Waals surface area contributed by atoms with E-state index in [9.17, 15) is 14.7 Å². The van der Waals surface area contributed by atoms with E-state index in [-0.39, 0.29) is 11.3 Å². The first-order valence-electron chi connectivity index (χ1n) is 8.99. The minimum absolute atomic E-state index is 0.102. The number of aliphatic hydroxyl groups excluding tert-OH is 1. The number of benzene rings is 1. The molecule has 1 unspecified atom stereocenters. The highest BCUT2D eigenvalue weighted by atomic mass is 79.9. The van der Waals surface area contributed by atoms with Crippen molar-refractivity contribution >= 4 is 33.4 Å². The minimum Gasteiger partial charge on any atom is -0.507 e. The summed E-state index contributed by atoms with van der Waals surface area (Å²) >= 11 is 3.36. The molecule has 1 fully saturated rings. The molecule has 7 heteroatoms. The molecule has 0 bridgehead atoms. The number of carbonyl (C=O) groups is 2. The molecule has 1 N–H and O–H groups in total. The Morgan fingerprint density at radius 1 is 1.21 bits per heavy atom. The number of hydrogen-bond acceptors (Lipinski definition) is 5. The zero-order chi connectivity index (χ0) is 20.3. The Kier molecular flexibility index (Phi) is 6.26. The summed E-state index contributed by atoms with van der Waals surface area (Å²) in [4.78, 5) is 33.3. The number of Topliss-reactive ketones (excluding diaryl/α,β-unsaturated/α-hetero) is 1. The van der Waals surface area contributed by atoms with Gasteiger partial charge in [0.15, 0.2) is 0 Å². The van der Waals surface area contributed by atoms with Crippen LogP contribution < -0.4 is 0 Å². The van der Waals surface area contributed by atoms with E-state index >= 15 is 0 Å². The van der Waals surface area contributed by atoms with E-state index in [1.165, 1.54) is 4.90 Å². The van der Waals surface area contributed by atoms with Gasteiger partial charge < -0.3 is 14.9 Å². The van der Waals surface area contributed by atoms with Crippen LogP contribution in [0.5, 0.6) is 0 Å². The molecule has 1 aliphatic rings. The molecule has 2 heterocycles. The van der Waals surface area contributed by atoms with Gasteiger partial charge in [-0.25, -0.2) is 0 Å². The van der Waals surface area contributed by atoms with Crippen molar-refractivity contribution in [3.8, 4) is 0 Å². The molecule has 6 nitrogen and oxygen atoms in total. The number of aromatic nitrogens is 1. The maximum absolute atomic E-state index is 12.8. The largest absolute Gasteiger partial charge is 0.507 e. The highest BCUT2D eigenvalue weighted by Gasteiger charge is 2.45. The van der Waals surface area contributed by atoms with Crippen molar-refractivity contribution in [1.29, 1.82) is 0 Å². The van der Waals surface area contributed by atoms with Crippen molar-refractivity contribution in [1.82, 2.24) is 14.8 Å². The molecule has 0 aliphatic carbocycles. The van der Waals surface area contributed by atoms with Gasteiger partial charge in [0.25, 0.3) is 11.7 Å². The fourth-order valence-electron chi connectivity index (χ4n) is 3.32. The predicted octanol–water partition coefficient (Wildman–Crippen LogP) is 3.22. The zero-order valence-electron chi connectivity index (χ0n) is 15.8. The number of likely N-dealkylation sites (tertiary alicyclic amines) is 1. The molecule has 2 aromatic rings. The lowest BCUT2D eigenvalue weighted by Gasteiger charge is -2.25. The van der Waals surface area contributed by atoms with Crippen LogP contribution >= 0.6 is 15.9 Å². The maximum atomic E-state index is 12.8. The summed E-state index contributed by atoms with van der Waals surface area (Å²) in [6.45, 7) is 1.20. The number of pyridine rings is 1. The third-order valence-electron chi connectivity index (χ3n) is 4.66. The SMILES string of the molecule is CN(C)CCCN1C(=O)C(=O)/C(=C(\O)c2ccc(Br)cc2)C1c1cccnc1. The first-order valence-corrected chi connectivity index (χ1v) is 9.78. The van der Waals surface area contributed by atoms with Crippen molar-refractivity contribution in [2.75, 3.05) is 27.2 Å². The average molecular weight is 444 g/mol. The standard InChI is InChI=1S/C21H22BrN3O3/c1-24(2)11-4-12-25-18(15-5-3-10-23-13-15)17(20(27)21(25)28)19(26)14-6-8-16(22)9-7-14/h3,5-10,13,18,26H,4,11-12H2,1-2H3/b19-17-. The van der Waals surface area contributed by atoms with Gasteiger partial charge in [-0.1, -0.05) is 34.1 Å². The van der Waals surface area contributed by atoms with E-state index in [1.54, 1.807) is 42.7 Å². The van der Waals surface area contributed by atoms with Crippen LogP contribution in [0.15, 0.2) is 58.8 Å². The molecular weight excluding hydrogens is 422 g/mol. The van der Waals surface area contributed by atoms with Gasteiger partial charge in [0.1, 0.15) is 5.76 Å². The Morgan fingerprint density at radius 2 is 1.93 bits per heavy atom. The van der Waals surface area contributed by atoms with E-state index in [0.717, 1.165) is 17.4 Å². The lowest BCUT2D eigenvalue weighted by molar-refractivity contribution is -0.139. The Bertz CT molecular complexity index is 895. The quantitative estimate of drug-likeness (QED) is 0.421. The summed E-state index contributed by atoms with van der Waals surface area (Å²) in [5.74, 6) is -1.43. The predicted molar refractivity (Wildman–Crippen MR) is 111 cm³/mol. The van der Waals surface area contributed by atoms with Gasteiger partial charge in [-0.15, -0.1) is 0 Å². The second kappa shape index (κ2) is 8.67. The number of carbonyl (C=O) groups excluding carboxylic acids is 2. The third-order valence-corrected chi connectivity index (χ3v) is 5.19. The molecule has 1 amide bonds. The third kappa shape index (κ3) is 4.15. The van der Waals surface area contributed by atoms with Crippen molar-refractivity contribution in [3.63, 3.8) is 0 Å². The fourth-order valence-corrected chi connectivity index (χ4v) is 3.58. The first-order chi connectivity index (χ1) is 13.4. The monoisotopic (exact) mass is 443 g/mol. The van der Waals surface area contributed by atoms with E-state index in [0.29, 0.717) is 17.7 Å². The van der Waals surface area contributed by atoms with Gasteiger partial charge in [-0.05, 0) is 50.8 Å². The van der Waals surface area contributed by atoms with Gasteiger partial charge in [0.05, 0.1) is 11.6 Å². The molecule has 1 atom stereocenters. The van der Waals surface area contributed by atoms with E-state index in [1.807, 2.05) is 25.1 Å². The van der Waals surface area contributed by atoms with Crippen LogP contribution in [-0.4, -0.2) is 58.8 Å². The summed E-state index contributed by atoms with van der Waals surface area (Å²) in [6.07, 6.45) is 3.98. The Labute approximate surface area is 172 Å². The Hall–Kier alpha value is -2.51. The smallest absolute Gasteiger partial charge is 0.295 e. The van der Waals surface area contributed by atoms with Crippen molar-refractivity contribution in [2.45, 2.75) is 12.5 Å². The Morgan fingerprint density at radius 3 is 2.54 bits per heavy atom. The number of ketones is 1. The average Bonchev–Trinajstić information content (AvgIpc) is 2.93. The molecule has 3 rings (SSSR count). The molecule has 28 heavy (non-hydrogen) atoms. The topological polar surface area (TPSA) is 73.7 Å². The van der Waals surface area contributed by atoms with Crippen LogP contribution in [0.2, 0.25) is 0 Å². The number of nitrogens with zero attached hydrogens (tertiary/aromatic N) is 3. The molecular formula is C21H22BrN3O3. The van der Waals surface area contributed by atoms with Crippen molar-refractivity contribution in [3.05, 3.63) is 70.0 Å². The van der Waals surface area contributed by atoms with Crippen LogP contribution in [-0.2, 0) is 9.59 Å². The van der Waals surface area contributed by atoms with Crippen LogP contribution in [0.1, 0.15) is 23.6 Å². The van der Waals surface area contributed by atoms with Crippen LogP contribution in [0.3, 0.4) is 0 Å². The Balaban J connectivity index is 2.06. The van der Waals surface area contributed by atoms with Crippen LogP contribution in [0, 0.1) is 0 Å². The second-order valence-corrected chi connectivity index (χ2v) is 7.86. The van der Waals surface area contributed by atoms with E-state index < -0.39 is 17.7 Å². The van der Waals surface area contributed by atoms with E-state index in [2.05, 4.69) is 20.9 Å². The molecule has 1 aromatic heterocycles. The number of aliphatic hydroxyl groups is 1. The van der Waals surface area contributed by atoms with Gasteiger partial charge in [0.2, 0.25) is 0 Å². The molecule has 146 valence electrons. The van der Waals surface area contributed by atoms with Gasteiger partial charge in [-0.2, -0.15) is 0 Å². The van der Waals surface area contributed by atoms with Gasteiger partial charge >= 0.3 is 0 Å². The first kappa shape index (κ1) is 20.2. The van der Waals surface area contributed by atoms with Gasteiger partial charge in [-0.3, -0.25) is 14.6 Å². The number of hydrogen-bond donors (Lipinski definition) is 1. The van der Waals surface area contributed by atoms with E-state index in [4.69, 9.17) is 0 Å². The maximum Gasteiger partial charge on any atom is 0.295 e. The molecule has 0 radical (unpaired) electrons. The van der Waals surface area contributed by atoms with Crippen molar-refractivity contribution < 1.29 is 14.7 Å². The lowest BCUT2D eigenvalue weighted by atomic mass is 9.96. The highest BCUT2D eigenvalue weighted by Crippen LogP contribution is 2.39. The number of amides is 1. The van der Waals surface area contributed by atoms with Crippen LogP contribution in [0.25, 0.3) is 5.76 Å². The molecule has 0 saturated carbocycles. The zero-order valence-corrected chi connectivity index (χ0v) is 17.4. The molecule has 1 aliphatic heterocycles. The molecule has 1 saturated heterocycles. The number of halogens is 1. The second-order valence-electron chi connectivity index (χ2n) is 6.94. The van der Waals surface area contributed by atoms with Crippen molar-refractivity contribution in [2.24, 2.45) is 0 Å². The summed E-state index contributed by atoms with van der Waals surface area (Å²) in [5, 5.41) is 10.9. The number of rotatable bonds is 6. The van der Waals surface area contributed by atoms with Gasteiger partial charge in [0, 0.05) is 29.0 Å². The van der Waals surface area contributed by atoms with Crippen LogP contribution in [0.4, 0.5) is 0 Å². The fraction of sp³-hybridized carbons (Fsp3) is 0.286. The normalized spacial score (nSPS) is 18.9. The summed E-state index contributed by atoms with van der Waals surface area (Å²) in [7, 11) is 3.92. The highest BCUT2D eigenvalue weighted by molar-refractivity contribution is 9.10. The summed E-state index contributed by atoms with van der Waals surface area (Å²) in [5.41, 5.74) is 1.29. The lowest BCUT2D eigenvalue weighted by Crippen LogP contribution is -2.32. The summed E-state index contributed by atoms with van der Waals surface area (Å²) < 4.78 is 0.858. The minimum atomic E-state index is -0.667.